The van der Waals surface area contributed by atoms with Crippen LogP contribution in [0.5, 0.6) is 0 Å². The lowest BCUT2D eigenvalue weighted by Crippen LogP contribution is -2.46. The Morgan fingerprint density at radius 2 is 2.03 bits per heavy atom. The van der Waals surface area contributed by atoms with E-state index in [9.17, 15) is 14.4 Å². The van der Waals surface area contributed by atoms with E-state index in [2.05, 4.69) is 10.3 Å². The van der Waals surface area contributed by atoms with Crippen LogP contribution in [0.2, 0.25) is 0 Å². The molecule has 1 aliphatic rings. The molecule has 1 aromatic heterocycles. The number of hydrogen-bond donors (Lipinski definition) is 2. The molecule has 0 atom stereocenters. The van der Waals surface area contributed by atoms with E-state index in [1.54, 1.807) is 36.3 Å². The highest BCUT2D eigenvalue weighted by molar-refractivity contribution is 8.01. The molecular weight excluding hydrogens is 436 g/mol. The summed E-state index contributed by atoms with van der Waals surface area (Å²) in [6.45, 7) is 2.39. The number of thioether (sulfide) groups is 1. The fraction of sp³-hybridized carbons (Fsp3) is 0.429. The van der Waals surface area contributed by atoms with Gasteiger partial charge in [-0.25, -0.2) is 9.78 Å². The van der Waals surface area contributed by atoms with E-state index in [-0.39, 0.29) is 23.7 Å². The Bertz CT molecular complexity index is 943. The predicted molar refractivity (Wildman–Crippen MR) is 123 cm³/mol. The number of anilines is 2. The number of thiazole rings is 1. The van der Waals surface area contributed by atoms with E-state index in [0.29, 0.717) is 22.9 Å². The number of nitrogens with one attached hydrogen (secondary N) is 1. The summed E-state index contributed by atoms with van der Waals surface area (Å²) in [5.74, 6) is -1.12. The number of rotatable bonds is 8. The summed E-state index contributed by atoms with van der Waals surface area (Å²) in [6, 6.07) is 6.97. The highest BCUT2D eigenvalue weighted by Crippen LogP contribution is 2.33. The lowest BCUT2D eigenvalue weighted by molar-refractivity contribution is -0.133. The van der Waals surface area contributed by atoms with Crippen molar-refractivity contribution in [2.24, 2.45) is 0 Å². The normalized spacial score (nSPS) is 13.7. The highest BCUT2D eigenvalue weighted by atomic mass is 32.2. The predicted octanol–water partition coefficient (Wildman–Crippen LogP) is 4.07. The van der Waals surface area contributed by atoms with Crippen molar-refractivity contribution >= 4 is 51.8 Å². The van der Waals surface area contributed by atoms with Crippen LogP contribution >= 0.6 is 23.1 Å². The molecular formula is C21H26N4O4S2. The van der Waals surface area contributed by atoms with Crippen LogP contribution in [-0.2, 0) is 4.79 Å². The molecule has 1 saturated carbocycles. The van der Waals surface area contributed by atoms with Crippen molar-refractivity contribution in [1.82, 2.24) is 10.3 Å². The summed E-state index contributed by atoms with van der Waals surface area (Å²) < 4.78 is 0.739. The lowest BCUT2D eigenvalue weighted by atomic mass is 10.1. The second kappa shape index (κ2) is 10.6. The van der Waals surface area contributed by atoms with Crippen molar-refractivity contribution in [1.29, 1.82) is 0 Å². The first-order chi connectivity index (χ1) is 14.9. The van der Waals surface area contributed by atoms with Crippen LogP contribution < -0.4 is 15.1 Å². The molecule has 10 heteroatoms. The van der Waals surface area contributed by atoms with Gasteiger partial charge in [0.05, 0.1) is 16.2 Å². The Balaban J connectivity index is 1.85. The van der Waals surface area contributed by atoms with Gasteiger partial charge >= 0.3 is 12.0 Å². The number of aromatic nitrogens is 1. The number of nitrogens with zero attached hydrogens (tertiary/aromatic N) is 3. The molecule has 3 amide bonds. The number of benzene rings is 1. The lowest BCUT2D eigenvalue weighted by Gasteiger charge is -2.32. The summed E-state index contributed by atoms with van der Waals surface area (Å²) in [7, 11) is 1.67. The number of carbonyl (C=O) groups excluding carboxylic acids is 2. The first kappa shape index (κ1) is 23.1. The van der Waals surface area contributed by atoms with Gasteiger partial charge < -0.3 is 10.4 Å². The summed E-state index contributed by atoms with van der Waals surface area (Å²) >= 11 is 2.46. The summed E-state index contributed by atoms with van der Waals surface area (Å²) in [6.07, 6.45) is 5.51. The van der Waals surface area contributed by atoms with Crippen LogP contribution in [0, 0.1) is 0 Å². The third kappa shape index (κ3) is 5.76. The van der Waals surface area contributed by atoms with E-state index in [1.807, 2.05) is 13.0 Å². The minimum Gasteiger partial charge on any atom is -0.481 e. The second-order valence-electron chi connectivity index (χ2n) is 7.20. The average molecular weight is 463 g/mol. The van der Waals surface area contributed by atoms with Crippen LogP contribution in [-0.4, -0.2) is 53.4 Å². The molecule has 2 aromatic rings. The molecule has 0 saturated heterocycles. The van der Waals surface area contributed by atoms with Crippen LogP contribution in [0.4, 0.5) is 15.6 Å². The number of carboxylic acid groups (broad SMARTS) is 1. The topological polar surface area (TPSA) is 103 Å². The van der Waals surface area contributed by atoms with Crippen molar-refractivity contribution in [3.8, 4) is 0 Å². The fourth-order valence-electron chi connectivity index (χ4n) is 3.55. The molecule has 0 bridgehead atoms. The summed E-state index contributed by atoms with van der Waals surface area (Å²) in [5.41, 5.74) is 1.20. The van der Waals surface area contributed by atoms with Crippen molar-refractivity contribution in [3.05, 3.63) is 36.0 Å². The third-order valence-electron chi connectivity index (χ3n) is 5.00. The van der Waals surface area contributed by atoms with E-state index < -0.39 is 5.97 Å². The SMILES string of the molecule is CCNC(=O)c1cccc(N(C(=O)N(C)c2ncc(SCC(=O)O)s2)C2CCCC2)c1. The Hall–Kier alpha value is -2.59. The van der Waals surface area contributed by atoms with E-state index in [1.165, 1.54) is 28.0 Å². The van der Waals surface area contributed by atoms with Crippen molar-refractivity contribution in [3.63, 3.8) is 0 Å². The average Bonchev–Trinajstić information content (AvgIpc) is 3.45. The highest BCUT2D eigenvalue weighted by Gasteiger charge is 2.31. The van der Waals surface area contributed by atoms with Gasteiger partial charge in [-0.2, -0.15) is 0 Å². The molecule has 8 nitrogen and oxygen atoms in total. The molecule has 31 heavy (non-hydrogen) atoms. The van der Waals surface area contributed by atoms with Gasteiger partial charge in [0.25, 0.3) is 5.91 Å². The maximum Gasteiger partial charge on any atom is 0.330 e. The van der Waals surface area contributed by atoms with Crippen LogP contribution in [0.15, 0.2) is 34.7 Å². The fourth-order valence-corrected chi connectivity index (χ4v) is 5.18. The molecule has 2 N–H and O–H groups in total. The minimum atomic E-state index is -0.899. The van der Waals surface area contributed by atoms with Gasteiger partial charge in [0.1, 0.15) is 0 Å². The number of carbonyl (C=O) groups is 3. The zero-order valence-corrected chi connectivity index (χ0v) is 19.2. The molecule has 1 fully saturated rings. The Morgan fingerprint density at radius 1 is 1.29 bits per heavy atom. The van der Waals surface area contributed by atoms with Crippen molar-refractivity contribution in [2.75, 3.05) is 29.1 Å². The number of carboxylic acids is 1. The van der Waals surface area contributed by atoms with Crippen molar-refractivity contribution in [2.45, 2.75) is 42.9 Å². The first-order valence-corrected chi connectivity index (χ1v) is 12.0. The van der Waals surface area contributed by atoms with E-state index in [0.717, 1.165) is 29.9 Å². The van der Waals surface area contributed by atoms with Crippen LogP contribution in [0.1, 0.15) is 43.0 Å². The number of aliphatic carboxylic acids is 1. The Morgan fingerprint density at radius 3 is 2.71 bits per heavy atom. The Labute approximate surface area is 189 Å². The monoisotopic (exact) mass is 462 g/mol. The number of urea groups is 1. The van der Waals surface area contributed by atoms with Gasteiger partial charge in [-0.15, -0.1) is 11.8 Å². The molecule has 1 aliphatic carbocycles. The van der Waals surface area contributed by atoms with Gasteiger partial charge in [-0.1, -0.05) is 30.2 Å². The molecule has 0 unspecified atom stereocenters. The molecule has 0 aliphatic heterocycles. The zero-order chi connectivity index (χ0) is 22.4. The third-order valence-corrected chi connectivity index (χ3v) is 7.26. The maximum atomic E-state index is 13.5. The van der Waals surface area contributed by atoms with Gasteiger partial charge in [-0.3, -0.25) is 19.4 Å². The van der Waals surface area contributed by atoms with Crippen molar-refractivity contribution < 1.29 is 19.5 Å². The number of amides is 3. The molecule has 0 spiro atoms. The van der Waals surface area contributed by atoms with Crippen LogP contribution in [0.25, 0.3) is 0 Å². The van der Waals surface area contributed by atoms with E-state index >= 15 is 0 Å². The standard InChI is InChI=1S/C21H26N4O4S2/c1-3-22-19(28)14-7-6-10-16(11-14)25(15-8-4-5-9-15)21(29)24(2)20-23-12-18(31-20)30-13-17(26)27/h6-7,10-12,15H,3-5,8-9,13H2,1-2H3,(H,22,28)(H,26,27). The van der Waals surface area contributed by atoms with E-state index in [4.69, 9.17) is 5.11 Å². The zero-order valence-electron chi connectivity index (χ0n) is 17.5. The maximum absolute atomic E-state index is 13.5. The Kier molecular flexibility index (Phi) is 7.91. The van der Waals surface area contributed by atoms with Gasteiger partial charge in [-0.05, 0) is 38.0 Å². The molecule has 0 radical (unpaired) electrons. The summed E-state index contributed by atoms with van der Waals surface area (Å²) in [4.78, 5) is 44.2. The van der Waals surface area contributed by atoms with Crippen LogP contribution in [0.3, 0.4) is 0 Å². The molecule has 1 heterocycles. The number of hydrogen-bond acceptors (Lipinski definition) is 6. The molecule has 166 valence electrons. The quantitative estimate of drug-likeness (QED) is 0.573. The first-order valence-electron chi connectivity index (χ1n) is 10.2. The molecule has 3 rings (SSSR count). The molecule has 1 aromatic carbocycles. The van der Waals surface area contributed by atoms with Gasteiger partial charge in [0, 0.05) is 30.9 Å². The largest absolute Gasteiger partial charge is 0.481 e. The summed E-state index contributed by atoms with van der Waals surface area (Å²) in [5, 5.41) is 12.2. The second-order valence-corrected chi connectivity index (χ2v) is 9.49. The minimum absolute atomic E-state index is 0.0554. The smallest absolute Gasteiger partial charge is 0.330 e. The van der Waals surface area contributed by atoms with Gasteiger partial charge in [0.15, 0.2) is 5.13 Å². The van der Waals surface area contributed by atoms with Gasteiger partial charge in [0.2, 0.25) is 0 Å².